The Morgan fingerprint density at radius 2 is 1.84 bits per heavy atom. The molecule has 2 heterocycles. The van der Waals surface area contributed by atoms with Gasteiger partial charge in [0.25, 0.3) is 5.91 Å². The minimum Gasteiger partial charge on any atom is -0.450 e. The zero-order valence-corrected chi connectivity index (χ0v) is 16.5. The summed E-state index contributed by atoms with van der Waals surface area (Å²) in [6.07, 6.45) is 3.00. The SMILES string of the molecule is CCCN(C(=O)c1oc2c(C)ccc(C)c2c1C)C1CCNCC1.Cl. The van der Waals surface area contributed by atoms with Gasteiger partial charge in [0.15, 0.2) is 5.76 Å². The van der Waals surface area contributed by atoms with E-state index in [1.54, 1.807) is 0 Å². The van der Waals surface area contributed by atoms with Crippen LogP contribution in [0.15, 0.2) is 16.5 Å². The van der Waals surface area contributed by atoms with Crippen molar-refractivity contribution in [1.29, 1.82) is 0 Å². The average molecular weight is 365 g/mol. The number of benzene rings is 1. The topological polar surface area (TPSA) is 45.5 Å². The van der Waals surface area contributed by atoms with Gasteiger partial charge in [-0.1, -0.05) is 19.1 Å². The van der Waals surface area contributed by atoms with E-state index >= 15 is 0 Å². The van der Waals surface area contributed by atoms with Gasteiger partial charge < -0.3 is 14.6 Å². The number of carbonyl (C=O) groups excluding carboxylic acids is 1. The van der Waals surface area contributed by atoms with Gasteiger partial charge in [-0.3, -0.25) is 4.79 Å². The van der Waals surface area contributed by atoms with Gasteiger partial charge in [0.05, 0.1) is 0 Å². The summed E-state index contributed by atoms with van der Waals surface area (Å²) in [6.45, 7) is 11.0. The first-order valence-electron chi connectivity index (χ1n) is 9.05. The summed E-state index contributed by atoms with van der Waals surface area (Å²) in [5.41, 5.74) is 4.09. The molecular weight excluding hydrogens is 336 g/mol. The first-order valence-corrected chi connectivity index (χ1v) is 9.05. The van der Waals surface area contributed by atoms with Crippen LogP contribution in [0, 0.1) is 20.8 Å². The Labute approximate surface area is 156 Å². The van der Waals surface area contributed by atoms with Crippen molar-refractivity contribution in [3.8, 4) is 0 Å². The van der Waals surface area contributed by atoms with Crippen molar-refractivity contribution in [2.75, 3.05) is 19.6 Å². The van der Waals surface area contributed by atoms with Crippen LogP contribution in [0.5, 0.6) is 0 Å². The highest BCUT2D eigenvalue weighted by Gasteiger charge is 2.29. The summed E-state index contributed by atoms with van der Waals surface area (Å²) in [5.74, 6) is 0.575. The Bertz CT molecular complexity index is 748. The predicted molar refractivity (Wildman–Crippen MR) is 105 cm³/mol. The van der Waals surface area contributed by atoms with Crippen LogP contribution in [-0.2, 0) is 0 Å². The van der Waals surface area contributed by atoms with Gasteiger partial charge in [0, 0.05) is 23.5 Å². The number of aryl methyl sites for hydroxylation is 3. The lowest BCUT2D eigenvalue weighted by Crippen LogP contribution is -2.46. The maximum Gasteiger partial charge on any atom is 0.290 e. The van der Waals surface area contributed by atoms with Crippen LogP contribution >= 0.6 is 12.4 Å². The molecule has 1 aromatic carbocycles. The highest BCUT2D eigenvalue weighted by Crippen LogP contribution is 2.32. The van der Waals surface area contributed by atoms with Crippen LogP contribution in [0.4, 0.5) is 0 Å². The molecule has 1 amide bonds. The molecule has 1 N–H and O–H groups in total. The number of hydrogen-bond acceptors (Lipinski definition) is 3. The van der Waals surface area contributed by atoms with Gasteiger partial charge in [-0.25, -0.2) is 0 Å². The minimum atomic E-state index is 0. The van der Waals surface area contributed by atoms with Crippen LogP contribution < -0.4 is 5.32 Å². The van der Waals surface area contributed by atoms with E-state index < -0.39 is 0 Å². The molecule has 138 valence electrons. The Hall–Kier alpha value is -1.52. The zero-order valence-electron chi connectivity index (χ0n) is 15.6. The largest absolute Gasteiger partial charge is 0.450 e. The molecule has 0 unspecified atom stereocenters. The number of carbonyl (C=O) groups is 1. The average Bonchev–Trinajstić information content (AvgIpc) is 2.95. The smallest absolute Gasteiger partial charge is 0.290 e. The molecule has 0 spiro atoms. The normalized spacial score (nSPS) is 15.2. The van der Waals surface area contributed by atoms with Gasteiger partial charge >= 0.3 is 0 Å². The predicted octanol–water partition coefficient (Wildman–Crippen LogP) is 4.38. The first kappa shape index (κ1) is 19.8. The molecule has 0 atom stereocenters. The number of hydrogen-bond donors (Lipinski definition) is 1. The van der Waals surface area contributed by atoms with Crippen molar-refractivity contribution in [2.45, 2.75) is 53.0 Å². The number of furan rings is 1. The van der Waals surface area contributed by atoms with E-state index in [1.165, 1.54) is 5.56 Å². The van der Waals surface area contributed by atoms with Crippen LogP contribution in [0.2, 0.25) is 0 Å². The van der Waals surface area contributed by atoms with Gasteiger partial charge in [-0.05, 0) is 64.3 Å². The van der Waals surface area contributed by atoms with Crippen molar-refractivity contribution in [2.24, 2.45) is 0 Å². The van der Waals surface area contributed by atoms with Crippen molar-refractivity contribution in [3.05, 3.63) is 34.6 Å². The molecule has 1 saturated heterocycles. The van der Waals surface area contributed by atoms with Crippen molar-refractivity contribution in [3.63, 3.8) is 0 Å². The highest BCUT2D eigenvalue weighted by atomic mass is 35.5. The lowest BCUT2D eigenvalue weighted by Gasteiger charge is -2.34. The summed E-state index contributed by atoms with van der Waals surface area (Å²) in [7, 11) is 0. The summed E-state index contributed by atoms with van der Waals surface area (Å²) < 4.78 is 6.08. The molecule has 1 aliphatic heterocycles. The molecule has 1 fully saturated rings. The van der Waals surface area contributed by atoms with Crippen molar-refractivity contribution >= 4 is 29.3 Å². The third-order valence-corrected chi connectivity index (χ3v) is 5.15. The van der Waals surface area contributed by atoms with E-state index in [0.717, 1.165) is 61.0 Å². The fourth-order valence-corrected chi connectivity index (χ4v) is 3.82. The van der Waals surface area contributed by atoms with Gasteiger partial charge in [-0.15, -0.1) is 12.4 Å². The van der Waals surface area contributed by atoms with Gasteiger partial charge in [-0.2, -0.15) is 0 Å². The lowest BCUT2D eigenvalue weighted by atomic mass is 10.0. The summed E-state index contributed by atoms with van der Waals surface area (Å²) in [6, 6.07) is 4.48. The van der Waals surface area contributed by atoms with Crippen LogP contribution in [0.1, 0.15) is 53.4 Å². The molecule has 3 rings (SSSR count). The highest BCUT2D eigenvalue weighted by molar-refractivity contribution is 6.00. The Morgan fingerprint density at radius 1 is 1.20 bits per heavy atom. The van der Waals surface area contributed by atoms with Crippen LogP contribution in [-0.4, -0.2) is 36.5 Å². The van der Waals surface area contributed by atoms with Gasteiger partial charge in [0.2, 0.25) is 0 Å². The molecule has 4 nitrogen and oxygen atoms in total. The Kier molecular flexibility index (Phi) is 6.53. The summed E-state index contributed by atoms with van der Waals surface area (Å²) in [5, 5.41) is 4.47. The third-order valence-electron chi connectivity index (χ3n) is 5.15. The number of rotatable bonds is 4. The quantitative estimate of drug-likeness (QED) is 0.875. The number of nitrogens with one attached hydrogen (secondary N) is 1. The maximum absolute atomic E-state index is 13.3. The number of amides is 1. The fraction of sp³-hybridized carbons (Fsp3) is 0.550. The molecule has 2 aromatic rings. The second kappa shape index (κ2) is 8.24. The first-order chi connectivity index (χ1) is 11.5. The molecular formula is C20H29ClN2O2. The standard InChI is InChI=1S/C20H28N2O2.ClH/c1-5-12-22(16-8-10-21-11-9-16)20(23)19-15(4)17-13(2)6-7-14(3)18(17)24-19;/h6-7,16,21H,5,8-12H2,1-4H3;1H. The molecule has 0 aliphatic carbocycles. The van der Waals surface area contributed by atoms with E-state index in [2.05, 4.69) is 31.3 Å². The van der Waals surface area contributed by atoms with E-state index in [-0.39, 0.29) is 18.3 Å². The minimum absolute atomic E-state index is 0. The van der Waals surface area contributed by atoms with E-state index in [0.29, 0.717) is 11.8 Å². The number of nitrogens with zero attached hydrogens (tertiary/aromatic N) is 1. The summed E-state index contributed by atoms with van der Waals surface area (Å²) >= 11 is 0. The molecule has 0 bridgehead atoms. The Balaban J connectivity index is 0.00000225. The van der Waals surface area contributed by atoms with Gasteiger partial charge in [0.1, 0.15) is 5.58 Å². The molecule has 5 heteroatoms. The van der Waals surface area contributed by atoms with E-state index in [4.69, 9.17) is 4.42 Å². The summed E-state index contributed by atoms with van der Waals surface area (Å²) in [4.78, 5) is 15.3. The molecule has 0 saturated carbocycles. The molecule has 0 radical (unpaired) electrons. The van der Waals surface area contributed by atoms with Crippen molar-refractivity contribution < 1.29 is 9.21 Å². The van der Waals surface area contributed by atoms with E-state index in [1.807, 2.05) is 18.7 Å². The monoisotopic (exact) mass is 364 g/mol. The zero-order chi connectivity index (χ0) is 17.3. The molecule has 25 heavy (non-hydrogen) atoms. The second-order valence-electron chi connectivity index (χ2n) is 6.94. The Morgan fingerprint density at radius 3 is 2.44 bits per heavy atom. The van der Waals surface area contributed by atoms with Crippen molar-refractivity contribution in [1.82, 2.24) is 10.2 Å². The second-order valence-corrected chi connectivity index (χ2v) is 6.94. The molecule has 1 aliphatic rings. The maximum atomic E-state index is 13.3. The number of halogens is 1. The molecule has 1 aromatic heterocycles. The third kappa shape index (κ3) is 3.70. The van der Waals surface area contributed by atoms with Crippen LogP contribution in [0.3, 0.4) is 0 Å². The lowest BCUT2D eigenvalue weighted by molar-refractivity contribution is 0.0611. The number of fused-ring (bicyclic) bond motifs is 1. The van der Waals surface area contributed by atoms with E-state index in [9.17, 15) is 4.79 Å². The number of piperidine rings is 1. The fourth-order valence-electron chi connectivity index (χ4n) is 3.82. The van der Waals surface area contributed by atoms with Crippen LogP contribution in [0.25, 0.3) is 11.0 Å².